The number of hydrogen-bond donors (Lipinski definition) is 4. The summed E-state index contributed by atoms with van der Waals surface area (Å²) in [6.45, 7) is 3.94. The van der Waals surface area contributed by atoms with Gasteiger partial charge >= 0.3 is 0 Å². The minimum absolute atomic E-state index is 0.0109. The summed E-state index contributed by atoms with van der Waals surface area (Å²) in [6, 6.07) is 9.98. The minimum atomic E-state index is -0.623. The van der Waals surface area contributed by atoms with Crippen LogP contribution in [0.5, 0.6) is 0 Å². The van der Waals surface area contributed by atoms with Gasteiger partial charge in [0.25, 0.3) is 5.91 Å². The molecule has 4 rings (SSSR count). The largest absolute Gasteiger partial charge is 0.355 e. The van der Waals surface area contributed by atoms with Crippen molar-refractivity contribution in [3.63, 3.8) is 0 Å². The zero-order valence-corrected chi connectivity index (χ0v) is 19.7. The van der Waals surface area contributed by atoms with E-state index in [9.17, 15) is 14.0 Å². The lowest BCUT2D eigenvalue weighted by Crippen LogP contribution is -2.39. The van der Waals surface area contributed by atoms with E-state index in [1.807, 2.05) is 32.0 Å². The van der Waals surface area contributed by atoms with Crippen LogP contribution in [0.4, 0.5) is 27.5 Å². The number of aromatic nitrogens is 2. The van der Waals surface area contributed by atoms with Crippen LogP contribution in [0, 0.1) is 5.82 Å². The molecule has 0 spiro atoms. The molecule has 0 radical (unpaired) electrons. The molecule has 1 aromatic heterocycles. The summed E-state index contributed by atoms with van der Waals surface area (Å²) in [5, 5.41) is 11.6. The Labute approximate surface area is 201 Å². The molecule has 2 amide bonds. The van der Waals surface area contributed by atoms with Gasteiger partial charge in [0.2, 0.25) is 11.9 Å². The van der Waals surface area contributed by atoms with Crippen LogP contribution in [-0.2, 0) is 16.8 Å². The van der Waals surface area contributed by atoms with Gasteiger partial charge in [-0.2, -0.15) is 4.98 Å². The van der Waals surface area contributed by atoms with E-state index in [1.165, 1.54) is 31.4 Å². The van der Waals surface area contributed by atoms with Crippen molar-refractivity contribution in [2.75, 3.05) is 17.7 Å². The molecule has 0 bridgehead atoms. The molecular formula is C24H24ClFN6O2. The Hall–Kier alpha value is -3.72. The Bertz CT molecular complexity index is 1280. The van der Waals surface area contributed by atoms with Crippen molar-refractivity contribution in [3.8, 4) is 0 Å². The molecule has 10 heteroatoms. The fourth-order valence-corrected chi connectivity index (χ4v) is 4.09. The van der Waals surface area contributed by atoms with Crippen molar-refractivity contribution in [3.05, 3.63) is 70.1 Å². The first-order valence-corrected chi connectivity index (χ1v) is 11.1. The second-order valence-corrected chi connectivity index (χ2v) is 8.83. The second kappa shape index (κ2) is 9.26. The van der Waals surface area contributed by atoms with Gasteiger partial charge < -0.3 is 21.3 Å². The molecular weight excluding hydrogens is 459 g/mol. The molecule has 34 heavy (non-hydrogen) atoms. The number of halogens is 2. The van der Waals surface area contributed by atoms with E-state index in [4.69, 9.17) is 11.6 Å². The van der Waals surface area contributed by atoms with Crippen molar-refractivity contribution >= 4 is 46.6 Å². The van der Waals surface area contributed by atoms with Gasteiger partial charge in [0, 0.05) is 19.2 Å². The highest BCUT2D eigenvalue weighted by atomic mass is 35.5. The zero-order valence-electron chi connectivity index (χ0n) is 18.9. The third-order valence-electron chi connectivity index (χ3n) is 5.58. The number of nitrogens with one attached hydrogen (secondary N) is 4. The molecule has 1 aliphatic rings. The molecule has 0 aliphatic carbocycles. The van der Waals surface area contributed by atoms with Gasteiger partial charge in [-0.3, -0.25) is 9.59 Å². The van der Waals surface area contributed by atoms with Crippen LogP contribution in [-0.4, -0.2) is 28.8 Å². The quantitative estimate of drug-likeness (QED) is 0.429. The fraction of sp³-hybridized carbons (Fsp3) is 0.250. The van der Waals surface area contributed by atoms with Crippen LogP contribution in [0.3, 0.4) is 0 Å². The summed E-state index contributed by atoms with van der Waals surface area (Å²) in [4.78, 5) is 32.8. The summed E-state index contributed by atoms with van der Waals surface area (Å²) < 4.78 is 14.5. The molecule has 0 unspecified atom stereocenters. The number of para-hydroxylation sites is 1. The first kappa shape index (κ1) is 23.4. The summed E-state index contributed by atoms with van der Waals surface area (Å²) in [5.74, 6) is -0.697. The van der Waals surface area contributed by atoms with Gasteiger partial charge in [-0.25, -0.2) is 9.37 Å². The van der Waals surface area contributed by atoms with Crippen LogP contribution in [0.2, 0.25) is 5.02 Å². The predicted octanol–water partition coefficient (Wildman–Crippen LogP) is 4.41. The summed E-state index contributed by atoms with van der Waals surface area (Å²) in [6.07, 6.45) is 2.40. The number of amides is 2. The Kier molecular flexibility index (Phi) is 6.39. The van der Waals surface area contributed by atoms with Crippen LogP contribution in [0.25, 0.3) is 0 Å². The van der Waals surface area contributed by atoms with Crippen LogP contribution in [0.15, 0.2) is 42.6 Å². The first-order valence-electron chi connectivity index (χ1n) is 10.7. The van der Waals surface area contributed by atoms with Crippen molar-refractivity contribution in [2.24, 2.45) is 0 Å². The molecule has 0 atom stereocenters. The molecule has 0 saturated carbocycles. The van der Waals surface area contributed by atoms with Crippen LogP contribution >= 0.6 is 11.6 Å². The average Bonchev–Trinajstić information content (AvgIpc) is 2.91. The SMILES string of the molecule is CNC(=O)c1cccc(F)c1Nc1nc(Nc2ccc3c(c2)CCC(=O)NC3(C)C)ncc1Cl. The molecule has 2 heterocycles. The highest BCUT2D eigenvalue weighted by Gasteiger charge is 2.28. The maximum absolute atomic E-state index is 14.5. The van der Waals surface area contributed by atoms with E-state index in [1.54, 1.807) is 0 Å². The average molecular weight is 483 g/mol. The second-order valence-electron chi connectivity index (χ2n) is 8.43. The molecule has 176 valence electrons. The Balaban J connectivity index is 1.62. The van der Waals surface area contributed by atoms with Gasteiger partial charge in [-0.15, -0.1) is 0 Å². The number of aryl methyl sites for hydroxylation is 1. The molecule has 3 aromatic rings. The number of hydrogen-bond acceptors (Lipinski definition) is 6. The van der Waals surface area contributed by atoms with Crippen molar-refractivity contribution in [2.45, 2.75) is 32.2 Å². The van der Waals surface area contributed by atoms with Crippen LogP contribution in [0.1, 0.15) is 41.8 Å². The molecule has 0 fully saturated rings. The molecule has 1 aliphatic heterocycles. The monoisotopic (exact) mass is 482 g/mol. The van der Waals surface area contributed by atoms with Crippen molar-refractivity contribution in [1.29, 1.82) is 0 Å². The normalized spacial score (nSPS) is 14.4. The Morgan fingerprint density at radius 3 is 2.74 bits per heavy atom. The minimum Gasteiger partial charge on any atom is -0.355 e. The van der Waals surface area contributed by atoms with Gasteiger partial charge in [0.1, 0.15) is 10.8 Å². The van der Waals surface area contributed by atoms with E-state index in [0.29, 0.717) is 12.8 Å². The maximum Gasteiger partial charge on any atom is 0.253 e. The zero-order chi connectivity index (χ0) is 24.5. The predicted molar refractivity (Wildman–Crippen MR) is 129 cm³/mol. The third-order valence-corrected chi connectivity index (χ3v) is 5.86. The standard InChI is InChI=1S/C24H24ClFN6O2/c1-24(2)16-9-8-14(11-13(16)7-10-19(33)32-24)29-23-28-12-17(25)21(31-23)30-20-15(22(34)27-3)5-4-6-18(20)26/h4-6,8-9,11-12H,7,10H2,1-3H3,(H,27,34)(H,32,33)(H2,28,29,30,31). The number of anilines is 4. The molecule has 0 saturated heterocycles. The maximum atomic E-state index is 14.5. The third kappa shape index (κ3) is 4.79. The fourth-order valence-electron chi connectivity index (χ4n) is 3.95. The highest BCUT2D eigenvalue weighted by molar-refractivity contribution is 6.33. The summed E-state index contributed by atoms with van der Waals surface area (Å²) in [7, 11) is 1.46. The first-order chi connectivity index (χ1) is 16.2. The summed E-state index contributed by atoms with van der Waals surface area (Å²) in [5.41, 5.74) is 2.42. The Morgan fingerprint density at radius 1 is 1.18 bits per heavy atom. The van der Waals surface area contributed by atoms with E-state index >= 15 is 0 Å². The van der Waals surface area contributed by atoms with Gasteiger partial charge in [0.15, 0.2) is 5.82 Å². The summed E-state index contributed by atoms with van der Waals surface area (Å²) >= 11 is 6.25. The number of nitrogens with zero attached hydrogens (tertiary/aromatic N) is 2. The van der Waals surface area contributed by atoms with Crippen molar-refractivity contribution in [1.82, 2.24) is 20.6 Å². The number of carbonyl (C=O) groups excluding carboxylic acids is 2. The van der Waals surface area contributed by atoms with E-state index < -0.39 is 17.3 Å². The molecule has 2 aromatic carbocycles. The lowest BCUT2D eigenvalue weighted by molar-refractivity contribution is -0.122. The lowest BCUT2D eigenvalue weighted by atomic mass is 9.89. The smallest absolute Gasteiger partial charge is 0.253 e. The molecule has 4 N–H and O–H groups in total. The molecule has 8 nitrogen and oxygen atoms in total. The van der Waals surface area contributed by atoms with Gasteiger partial charge in [0.05, 0.1) is 23.0 Å². The number of fused-ring (bicyclic) bond motifs is 1. The van der Waals surface area contributed by atoms with Crippen molar-refractivity contribution < 1.29 is 14.0 Å². The number of benzene rings is 2. The number of carbonyl (C=O) groups is 2. The lowest BCUT2D eigenvalue weighted by Gasteiger charge is -2.27. The van der Waals surface area contributed by atoms with E-state index in [0.717, 1.165) is 16.8 Å². The van der Waals surface area contributed by atoms with E-state index in [2.05, 4.69) is 31.2 Å². The Morgan fingerprint density at radius 2 is 1.97 bits per heavy atom. The topological polar surface area (TPSA) is 108 Å². The van der Waals surface area contributed by atoms with Gasteiger partial charge in [-0.1, -0.05) is 23.7 Å². The van der Waals surface area contributed by atoms with Crippen LogP contribution < -0.4 is 21.3 Å². The van der Waals surface area contributed by atoms with Gasteiger partial charge in [-0.05, 0) is 55.7 Å². The number of rotatable bonds is 5. The highest BCUT2D eigenvalue weighted by Crippen LogP contribution is 2.32. The van der Waals surface area contributed by atoms with E-state index in [-0.39, 0.29) is 33.9 Å².